The molecular formula is C13H23N3O2. The van der Waals surface area contributed by atoms with Crippen LogP contribution in [0.5, 0.6) is 0 Å². The molecule has 1 saturated carbocycles. The minimum atomic E-state index is -0.916. The highest BCUT2D eigenvalue weighted by molar-refractivity contribution is 6.06. The van der Waals surface area contributed by atoms with Crippen LogP contribution in [0.1, 0.15) is 46.0 Å². The molecule has 1 amide bonds. The number of likely N-dealkylation sites (tertiary alicyclic amines) is 1. The third-order valence-corrected chi connectivity index (χ3v) is 4.55. The van der Waals surface area contributed by atoms with E-state index in [1.807, 2.05) is 4.90 Å². The van der Waals surface area contributed by atoms with Gasteiger partial charge >= 0.3 is 0 Å². The molecule has 2 rings (SSSR count). The minimum Gasteiger partial charge on any atom is -0.409 e. The van der Waals surface area contributed by atoms with E-state index in [2.05, 4.69) is 5.16 Å². The van der Waals surface area contributed by atoms with E-state index < -0.39 is 5.41 Å². The first kappa shape index (κ1) is 13.2. The third kappa shape index (κ3) is 2.06. The summed E-state index contributed by atoms with van der Waals surface area (Å²) in [5, 5.41) is 11.8. The number of fused-ring (bicyclic) bond motifs is 1. The van der Waals surface area contributed by atoms with Gasteiger partial charge in [-0.2, -0.15) is 0 Å². The average Bonchev–Trinajstić information content (AvgIpc) is 2.80. The summed E-state index contributed by atoms with van der Waals surface area (Å²) in [4.78, 5) is 14.5. The monoisotopic (exact) mass is 253 g/mol. The average molecular weight is 253 g/mol. The van der Waals surface area contributed by atoms with Crippen molar-refractivity contribution in [2.24, 2.45) is 22.2 Å². The number of rotatable bonds is 2. The van der Waals surface area contributed by atoms with Crippen LogP contribution in [0.4, 0.5) is 0 Å². The van der Waals surface area contributed by atoms with Gasteiger partial charge in [0.05, 0.1) is 0 Å². The Balaban J connectivity index is 2.14. The molecule has 5 nitrogen and oxygen atoms in total. The highest BCUT2D eigenvalue weighted by atomic mass is 16.4. The summed E-state index contributed by atoms with van der Waals surface area (Å²) in [7, 11) is 0. The third-order valence-electron chi connectivity index (χ3n) is 4.55. The molecule has 2 aliphatic rings. The Kier molecular flexibility index (Phi) is 3.50. The quantitative estimate of drug-likeness (QED) is 0.339. The topological polar surface area (TPSA) is 78.9 Å². The molecule has 5 heteroatoms. The van der Waals surface area contributed by atoms with Crippen LogP contribution in [0.3, 0.4) is 0 Å². The van der Waals surface area contributed by atoms with Crippen LogP contribution in [0.2, 0.25) is 0 Å². The molecule has 3 N–H and O–H groups in total. The van der Waals surface area contributed by atoms with Gasteiger partial charge in [-0.15, -0.1) is 0 Å². The van der Waals surface area contributed by atoms with Crippen molar-refractivity contribution in [3.05, 3.63) is 0 Å². The predicted molar refractivity (Wildman–Crippen MR) is 69.3 cm³/mol. The zero-order chi connectivity index (χ0) is 13.3. The normalized spacial score (nSPS) is 29.2. The van der Waals surface area contributed by atoms with Gasteiger partial charge in [0.25, 0.3) is 0 Å². The Bertz CT molecular complexity index is 365. The van der Waals surface area contributed by atoms with Crippen molar-refractivity contribution in [3.63, 3.8) is 0 Å². The van der Waals surface area contributed by atoms with E-state index in [-0.39, 0.29) is 11.7 Å². The summed E-state index contributed by atoms with van der Waals surface area (Å²) in [5.41, 5.74) is 4.72. The van der Waals surface area contributed by atoms with E-state index in [0.29, 0.717) is 12.0 Å². The van der Waals surface area contributed by atoms with Crippen molar-refractivity contribution in [1.29, 1.82) is 0 Å². The van der Waals surface area contributed by atoms with E-state index >= 15 is 0 Å². The molecule has 0 spiro atoms. The zero-order valence-electron chi connectivity index (χ0n) is 11.2. The van der Waals surface area contributed by atoms with E-state index in [0.717, 1.165) is 19.4 Å². The lowest BCUT2D eigenvalue weighted by atomic mass is 9.84. The maximum absolute atomic E-state index is 12.6. The zero-order valence-corrected chi connectivity index (χ0v) is 11.2. The summed E-state index contributed by atoms with van der Waals surface area (Å²) in [5.74, 6) is 0.643. The summed E-state index contributed by atoms with van der Waals surface area (Å²) in [6, 6.07) is 0.372. The van der Waals surface area contributed by atoms with Gasteiger partial charge in [0.2, 0.25) is 5.91 Å². The summed E-state index contributed by atoms with van der Waals surface area (Å²) >= 11 is 0. The molecule has 0 aromatic heterocycles. The number of carbonyl (C=O) groups excluding carboxylic acids is 1. The number of nitrogens with zero attached hydrogens (tertiary/aromatic N) is 2. The van der Waals surface area contributed by atoms with Gasteiger partial charge < -0.3 is 15.8 Å². The molecule has 0 aromatic carbocycles. The van der Waals surface area contributed by atoms with E-state index in [4.69, 9.17) is 10.9 Å². The highest BCUT2D eigenvalue weighted by Crippen LogP contribution is 2.38. The van der Waals surface area contributed by atoms with Gasteiger partial charge in [-0.3, -0.25) is 4.79 Å². The molecule has 102 valence electrons. The van der Waals surface area contributed by atoms with Crippen LogP contribution in [0.25, 0.3) is 0 Å². The molecule has 18 heavy (non-hydrogen) atoms. The number of oxime groups is 1. The summed E-state index contributed by atoms with van der Waals surface area (Å²) < 4.78 is 0. The van der Waals surface area contributed by atoms with Crippen molar-refractivity contribution in [3.8, 4) is 0 Å². The number of hydrogen-bond donors (Lipinski definition) is 2. The van der Waals surface area contributed by atoms with Crippen molar-refractivity contribution < 1.29 is 10.0 Å². The molecule has 2 unspecified atom stereocenters. The number of nitrogens with two attached hydrogens (primary N) is 1. The van der Waals surface area contributed by atoms with Crippen LogP contribution in [0, 0.1) is 11.3 Å². The molecule has 0 aromatic rings. The molecule has 1 saturated heterocycles. The van der Waals surface area contributed by atoms with Crippen LogP contribution in [-0.2, 0) is 4.79 Å². The van der Waals surface area contributed by atoms with Crippen LogP contribution < -0.4 is 5.73 Å². The molecule has 0 bridgehead atoms. The van der Waals surface area contributed by atoms with Gasteiger partial charge in [0.1, 0.15) is 5.41 Å². The lowest BCUT2D eigenvalue weighted by Gasteiger charge is -2.36. The van der Waals surface area contributed by atoms with Gasteiger partial charge in [-0.25, -0.2) is 0 Å². The van der Waals surface area contributed by atoms with Gasteiger partial charge in [0, 0.05) is 12.6 Å². The van der Waals surface area contributed by atoms with Crippen molar-refractivity contribution in [2.75, 3.05) is 6.54 Å². The maximum atomic E-state index is 12.6. The van der Waals surface area contributed by atoms with Crippen molar-refractivity contribution >= 4 is 11.7 Å². The van der Waals surface area contributed by atoms with Crippen LogP contribution in [-0.4, -0.2) is 34.4 Å². The SMILES string of the molecule is CC(C)(C(=O)N1CCC2CCCCC21)C(N)=NO. The summed E-state index contributed by atoms with van der Waals surface area (Å²) in [6.07, 6.45) is 5.92. The lowest BCUT2D eigenvalue weighted by Crippen LogP contribution is -2.50. The van der Waals surface area contributed by atoms with Crippen molar-refractivity contribution in [2.45, 2.75) is 52.0 Å². The van der Waals surface area contributed by atoms with Gasteiger partial charge in [-0.1, -0.05) is 18.0 Å². The highest BCUT2D eigenvalue weighted by Gasteiger charge is 2.44. The summed E-state index contributed by atoms with van der Waals surface area (Å²) in [6.45, 7) is 4.26. The fourth-order valence-electron chi connectivity index (χ4n) is 3.25. The fourth-order valence-corrected chi connectivity index (χ4v) is 3.25. The Morgan fingerprint density at radius 3 is 2.67 bits per heavy atom. The molecule has 1 heterocycles. The molecule has 1 aliphatic heterocycles. The fraction of sp³-hybridized carbons (Fsp3) is 0.846. The molecular weight excluding hydrogens is 230 g/mol. The molecule has 1 aliphatic carbocycles. The van der Waals surface area contributed by atoms with Crippen molar-refractivity contribution in [1.82, 2.24) is 4.90 Å². The van der Waals surface area contributed by atoms with Crippen LogP contribution in [0.15, 0.2) is 5.16 Å². The number of amides is 1. The second-order valence-electron chi connectivity index (χ2n) is 6.01. The first-order valence-corrected chi connectivity index (χ1v) is 6.77. The Labute approximate surface area is 108 Å². The first-order valence-electron chi connectivity index (χ1n) is 6.77. The number of hydrogen-bond acceptors (Lipinski definition) is 3. The maximum Gasteiger partial charge on any atom is 0.236 e. The number of carbonyl (C=O) groups is 1. The largest absolute Gasteiger partial charge is 0.409 e. The van der Waals surface area contributed by atoms with E-state index in [9.17, 15) is 4.79 Å². The lowest BCUT2D eigenvalue weighted by molar-refractivity contribution is -0.138. The molecule has 2 fully saturated rings. The Morgan fingerprint density at radius 1 is 1.33 bits per heavy atom. The second kappa shape index (κ2) is 4.78. The molecule has 0 radical (unpaired) electrons. The van der Waals surface area contributed by atoms with E-state index in [1.54, 1.807) is 13.8 Å². The van der Waals surface area contributed by atoms with Gasteiger partial charge in [0.15, 0.2) is 5.84 Å². The smallest absolute Gasteiger partial charge is 0.236 e. The predicted octanol–water partition coefficient (Wildman–Crippen LogP) is 1.55. The standard InChI is InChI=1S/C13H23N3O2/c1-13(2,11(14)15-18)12(17)16-8-7-9-5-3-4-6-10(9)16/h9-10,18H,3-8H2,1-2H3,(H2,14,15). The van der Waals surface area contributed by atoms with E-state index in [1.165, 1.54) is 19.3 Å². The Hall–Kier alpha value is -1.26. The van der Waals surface area contributed by atoms with Gasteiger partial charge in [-0.05, 0) is 39.0 Å². The first-order chi connectivity index (χ1) is 8.48. The second-order valence-corrected chi connectivity index (χ2v) is 6.01. The molecule has 2 atom stereocenters. The Morgan fingerprint density at radius 2 is 2.00 bits per heavy atom. The minimum absolute atomic E-state index is 0.00722. The van der Waals surface area contributed by atoms with Crippen LogP contribution >= 0.6 is 0 Å². The number of amidine groups is 1.